The Morgan fingerprint density at radius 1 is 1.03 bits per heavy atom. The van der Waals surface area contributed by atoms with Gasteiger partial charge in [0.05, 0.1) is 11.9 Å². The Morgan fingerprint density at radius 2 is 1.64 bits per heavy atom. The van der Waals surface area contributed by atoms with E-state index >= 15 is 0 Å². The van der Waals surface area contributed by atoms with E-state index in [1.807, 2.05) is 37.3 Å². The van der Waals surface area contributed by atoms with Crippen LogP contribution in [0.4, 0.5) is 5.69 Å². The van der Waals surface area contributed by atoms with Gasteiger partial charge < -0.3 is 10.2 Å². The molecule has 1 atom stereocenters. The van der Waals surface area contributed by atoms with Gasteiger partial charge in [0.25, 0.3) is 0 Å². The minimum atomic E-state index is -3.84. The molecule has 0 radical (unpaired) electrons. The largest absolute Gasteiger partial charge is 0.355 e. The van der Waals surface area contributed by atoms with E-state index in [2.05, 4.69) is 5.32 Å². The van der Waals surface area contributed by atoms with Crippen molar-refractivity contribution in [2.45, 2.75) is 32.7 Å². The van der Waals surface area contributed by atoms with E-state index in [0.717, 1.165) is 16.1 Å². The van der Waals surface area contributed by atoms with Gasteiger partial charge in [-0.15, -0.1) is 0 Å². The Morgan fingerprint density at radius 3 is 2.15 bits per heavy atom. The van der Waals surface area contributed by atoms with Crippen LogP contribution in [0.5, 0.6) is 0 Å². The molecule has 0 aliphatic carbocycles. The van der Waals surface area contributed by atoms with Crippen molar-refractivity contribution in [1.29, 1.82) is 0 Å². The highest BCUT2D eigenvalue weighted by atomic mass is 35.5. The first kappa shape index (κ1) is 27.0. The van der Waals surface area contributed by atoms with Crippen LogP contribution >= 0.6 is 23.2 Å². The van der Waals surface area contributed by atoms with Gasteiger partial charge in [0.15, 0.2) is 0 Å². The maximum atomic E-state index is 13.4. The quantitative estimate of drug-likeness (QED) is 0.495. The van der Waals surface area contributed by atoms with E-state index in [1.54, 1.807) is 6.92 Å². The number of carbonyl (C=O) groups excluding carboxylic acids is 2. The topological polar surface area (TPSA) is 86.8 Å². The summed E-state index contributed by atoms with van der Waals surface area (Å²) in [4.78, 5) is 27.6. The first-order valence-corrected chi connectivity index (χ1v) is 13.2. The van der Waals surface area contributed by atoms with E-state index in [1.165, 1.54) is 23.1 Å². The van der Waals surface area contributed by atoms with Crippen molar-refractivity contribution in [2.75, 3.05) is 30.2 Å². The van der Waals surface area contributed by atoms with Crippen LogP contribution in [-0.4, -0.2) is 57.1 Å². The fourth-order valence-corrected chi connectivity index (χ4v) is 4.83. The van der Waals surface area contributed by atoms with Crippen molar-refractivity contribution >= 4 is 50.7 Å². The highest BCUT2D eigenvalue weighted by Gasteiger charge is 2.31. The van der Waals surface area contributed by atoms with Crippen LogP contribution in [0.2, 0.25) is 10.0 Å². The second-order valence-electron chi connectivity index (χ2n) is 7.54. The molecule has 0 fully saturated rings. The Balaban J connectivity index is 2.38. The van der Waals surface area contributed by atoms with Crippen molar-refractivity contribution in [2.24, 2.45) is 0 Å². The Kier molecular flexibility index (Phi) is 10.0. The van der Waals surface area contributed by atoms with Crippen molar-refractivity contribution in [3.63, 3.8) is 0 Å². The molecule has 0 bridgehead atoms. The lowest BCUT2D eigenvalue weighted by Gasteiger charge is -2.32. The molecule has 0 spiro atoms. The lowest BCUT2D eigenvalue weighted by atomic mass is 10.1. The number of amides is 2. The SMILES string of the molecule is CCNC(=O)C(CC)N(CCc1ccccc1)C(=O)CN(c1cc(Cl)cc(Cl)c1)S(C)(=O)=O. The zero-order chi connectivity index (χ0) is 24.6. The van der Waals surface area contributed by atoms with Crippen LogP contribution in [0, 0.1) is 0 Å². The summed E-state index contributed by atoms with van der Waals surface area (Å²) in [5.74, 6) is -0.774. The Labute approximate surface area is 205 Å². The summed E-state index contributed by atoms with van der Waals surface area (Å²) in [6.45, 7) is 3.81. The highest BCUT2D eigenvalue weighted by molar-refractivity contribution is 7.92. The number of rotatable bonds is 11. The predicted molar refractivity (Wildman–Crippen MR) is 133 cm³/mol. The first-order valence-electron chi connectivity index (χ1n) is 10.6. The van der Waals surface area contributed by atoms with Crippen LogP contribution in [0.3, 0.4) is 0 Å². The number of carbonyl (C=O) groups is 2. The monoisotopic (exact) mass is 513 g/mol. The second-order valence-corrected chi connectivity index (χ2v) is 10.3. The van der Waals surface area contributed by atoms with Gasteiger partial charge in [0.2, 0.25) is 21.8 Å². The lowest BCUT2D eigenvalue weighted by Crippen LogP contribution is -2.53. The molecule has 0 heterocycles. The van der Waals surface area contributed by atoms with E-state index in [0.29, 0.717) is 19.4 Å². The van der Waals surface area contributed by atoms with Crippen LogP contribution in [-0.2, 0) is 26.0 Å². The number of hydrogen-bond donors (Lipinski definition) is 1. The summed E-state index contributed by atoms with van der Waals surface area (Å²) in [7, 11) is -3.84. The van der Waals surface area contributed by atoms with Crippen molar-refractivity contribution in [3.05, 3.63) is 64.1 Å². The van der Waals surface area contributed by atoms with E-state index < -0.39 is 28.5 Å². The predicted octanol–water partition coefficient (Wildman–Crippen LogP) is 3.75. The number of sulfonamides is 1. The van der Waals surface area contributed by atoms with Gasteiger partial charge >= 0.3 is 0 Å². The zero-order valence-electron chi connectivity index (χ0n) is 18.9. The number of benzene rings is 2. The third kappa shape index (κ3) is 7.91. The molecule has 33 heavy (non-hydrogen) atoms. The molecule has 2 amide bonds. The zero-order valence-corrected chi connectivity index (χ0v) is 21.3. The van der Waals surface area contributed by atoms with E-state index in [-0.39, 0.29) is 28.2 Å². The van der Waals surface area contributed by atoms with Crippen molar-refractivity contribution < 1.29 is 18.0 Å². The normalized spacial score (nSPS) is 12.2. The smallest absolute Gasteiger partial charge is 0.244 e. The molecule has 1 N–H and O–H groups in total. The molecule has 2 aromatic carbocycles. The van der Waals surface area contributed by atoms with Crippen molar-refractivity contribution in [3.8, 4) is 0 Å². The maximum absolute atomic E-state index is 13.4. The second kappa shape index (κ2) is 12.3. The third-order valence-electron chi connectivity index (χ3n) is 5.04. The van der Waals surface area contributed by atoms with Gasteiger partial charge in [-0.2, -0.15) is 0 Å². The van der Waals surface area contributed by atoms with Gasteiger partial charge in [-0.1, -0.05) is 60.5 Å². The number of nitrogens with zero attached hydrogens (tertiary/aromatic N) is 2. The molecule has 0 saturated heterocycles. The number of nitrogens with one attached hydrogen (secondary N) is 1. The summed E-state index contributed by atoms with van der Waals surface area (Å²) < 4.78 is 26.1. The molecule has 0 aliphatic rings. The van der Waals surface area contributed by atoms with Crippen LogP contribution in [0.1, 0.15) is 25.8 Å². The van der Waals surface area contributed by atoms with E-state index in [4.69, 9.17) is 23.2 Å². The van der Waals surface area contributed by atoms with Crippen LogP contribution < -0.4 is 9.62 Å². The summed E-state index contributed by atoms with van der Waals surface area (Å²) in [5.41, 5.74) is 1.18. The van der Waals surface area contributed by atoms with Crippen molar-refractivity contribution in [1.82, 2.24) is 10.2 Å². The van der Waals surface area contributed by atoms with Gasteiger partial charge in [-0.25, -0.2) is 8.42 Å². The number of halogens is 2. The summed E-state index contributed by atoms with van der Waals surface area (Å²) >= 11 is 12.1. The molecular weight excluding hydrogens is 485 g/mol. The van der Waals surface area contributed by atoms with Gasteiger partial charge in [-0.05, 0) is 43.5 Å². The lowest BCUT2D eigenvalue weighted by molar-refractivity contribution is -0.139. The molecular formula is C23H29Cl2N3O4S. The highest BCUT2D eigenvalue weighted by Crippen LogP contribution is 2.27. The fraction of sp³-hybridized carbons (Fsp3) is 0.391. The average molecular weight is 514 g/mol. The third-order valence-corrected chi connectivity index (χ3v) is 6.61. The number of hydrogen-bond acceptors (Lipinski definition) is 4. The van der Waals surface area contributed by atoms with Crippen LogP contribution in [0.15, 0.2) is 48.5 Å². The van der Waals surface area contributed by atoms with Gasteiger partial charge in [0.1, 0.15) is 12.6 Å². The molecule has 7 nitrogen and oxygen atoms in total. The molecule has 1 unspecified atom stereocenters. The number of anilines is 1. The standard InChI is InChI=1S/C23H29Cl2N3O4S/c1-4-21(23(30)26-5-2)27(12-11-17-9-7-6-8-10-17)22(29)16-28(33(3,31)32)20-14-18(24)13-19(25)15-20/h6-10,13-15,21H,4-5,11-12,16H2,1-3H3,(H,26,30). The Hall–Kier alpha value is -2.29. The maximum Gasteiger partial charge on any atom is 0.244 e. The molecule has 2 rings (SSSR count). The van der Waals surface area contributed by atoms with Gasteiger partial charge in [-0.3, -0.25) is 13.9 Å². The Bertz CT molecular complexity index is 1040. The summed E-state index contributed by atoms with van der Waals surface area (Å²) in [6.07, 6.45) is 1.91. The minimum absolute atomic E-state index is 0.178. The average Bonchev–Trinajstić information content (AvgIpc) is 2.74. The molecule has 10 heteroatoms. The summed E-state index contributed by atoms with van der Waals surface area (Å²) in [6, 6.07) is 13.2. The molecule has 2 aromatic rings. The first-order chi connectivity index (χ1) is 15.6. The fourth-order valence-electron chi connectivity index (χ4n) is 3.48. The molecule has 0 saturated carbocycles. The molecule has 180 valence electrons. The van der Waals surface area contributed by atoms with Crippen LogP contribution in [0.25, 0.3) is 0 Å². The van der Waals surface area contributed by atoms with E-state index in [9.17, 15) is 18.0 Å². The minimum Gasteiger partial charge on any atom is -0.355 e. The summed E-state index contributed by atoms with van der Waals surface area (Å²) in [5, 5.41) is 3.25. The molecule has 0 aliphatic heterocycles. The van der Waals surface area contributed by atoms with Gasteiger partial charge in [0, 0.05) is 23.1 Å². The molecule has 0 aromatic heterocycles. The number of likely N-dealkylation sites (N-methyl/N-ethyl adjacent to an activating group) is 1.